The van der Waals surface area contributed by atoms with E-state index in [4.69, 9.17) is 0 Å². The summed E-state index contributed by atoms with van der Waals surface area (Å²) >= 11 is 1.61. The van der Waals surface area contributed by atoms with Crippen molar-refractivity contribution in [3.63, 3.8) is 0 Å². The number of thiazole rings is 1. The Bertz CT molecular complexity index is 978. The Labute approximate surface area is 193 Å². The predicted molar refractivity (Wildman–Crippen MR) is 126 cm³/mol. The van der Waals surface area contributed by atoms with Gasteiger partial charge < -0.3 is 15.5 Å². The molecule has 2 heterocycles. The minimum Gasteiger partial charge on any atom is -0.350 e. The molecule has 8 heteroatoms. The maximum Gasteiger partial charge on any atom is 0.246 e. The summed E-state index contributed by atoms with van der Waals surface area (Å²) in [6.45, 7) is 10.0. The molecule has 3 amide bonds. The third-order valence-electron chi connectivity index (χ3n) is 5.73. The molecule has 2 aromatic rings. The van der Waals surface area contributed by atoms with Gasteiger partial charge in [0, 0.05) is 20.0 Å². The molecule has 1 aliphatic heterocycles. The van der Waals surface area contributed by atoms with E-state index in [1.54, 1.807) is 16.2 Å². The fraction of sp³-hybridized carbons (Fsp3) is 0.500. The highest BCUT2D eigenvalue weighted by Crippen LogP contribution is 2.28. The zero-order valence-corrected chi connectivity index (χ0v) is 20.2. The van der Waals surface area contributed by atoms with Crippen LogP contribution in [-0.4, -0.2) is 46.2 Å². The van der Waals surface area contributed by atoms with Crippen LogP contribution in [0.2, 0.25) is 0 Å². The maximum atomic E-state index is 13.2. The number of rotatable bonds is 6. The van der Waals surface area contributed by atoms with Gasteiger partial charge in [0.1, 0.15) is 12.1 Å². The molecular formula is C24H32N4O3S. The van der Waals surface area contributed by atoms with E-state index in [9.17, 15) is 14.4 Å². The van der Waals surface area contributed by atoms with Crippen LogP contribution in [-0.2, 0) is 20.9 Å². The van der Waals surface area contributed by atoms with Gasteiger partial charge in [-0.3, -0.25) is 14.4 Å². The zero-order valence-electron chi connectivity index (χ0n) is 19.4. The molecule has 0 aliphatic carbocycles. The van der Waals surface area contributed by atoms with Crippen LogP contribution in [0.3, 0.4) is 0 Å². The molecule has 1 aliphatic rings. The molecule has 7 nitrogen and oxygen atoms in total. The van der Waals surface area contributed by atoms with E-state index in [1.165, 1.54) is 6.92 Å². The standard InChI is InChI=1S/C24H32N4O3S/c1-15-20(32-14-26-15)18-10-8-17(9-11-18)13-25-22(30)19-7-6-12-28(19)23(31)21(24(3,4)5)27-16(2)29/h8-11,14,19,21H,6-7,12-13H2,1-5H3,(H,25,30)(H,27,29). The highest BCUT2D eigenvalue weighted by atomic mass is 32.1. The molecule has 1 saturated heterocycles. The van der Waals surface area contributed by atoms with E-state index in [-0.39, 0.29) is 17.7 Å². The lowest BCUT2D eigenvalue weighted by Crippen LogP contribution is -2.57. The van der Waals surface area contributed by atoms with Crippen molar-refractivity contribution in [2.24, 2.45) is 5.41 Å². The zero-order chi connectivity index (χ0) is 23.5. The Morgan fingerprint density at radius 1 is 1.22 bits per heavy atom. The van der Waals surface area contributed by atoms with Crippen LogP contribution in [0.25, 0.3) is 10.4 Å². The Kier molecular flexibility index (Phi) is 7.33. The summed E-state index contributed by atoms with van der Waals surface area (Å²) < 4.78 is 0. The van der Waals surface area contributed by atoms with Crippen LogP contribution < -0.4 is 10.6 Å². The van der Waals surface area contributed by atoms with E-state index in [2.05, 4.69) is 15.6 Å². The van der Waals surface area contributed by atoms with Gasteiger partial charge in [0.2, 0.25) is 17.7 Å². The summed E-state index contributed by atoms with van der Waals surface area (Å²) in [5, 5.41) is 5.75. The first-order chi connectivity index (χ1) is 15.1. The molecule has 0 radical (unpaired) electrons. The predicted octanol–water partition coefficient (Wildman–Crippen LogP) is 3.28. The fourth-order valence-electron chi connectivity index (χ4n) is 3.98. The fourth-order valence-corrected chi connectivity index (χ4v) is 4.79. The van der Waals surface area contributed by atoms with Crippen LogP contribution >= 0.6 is 11.3 Å². The molecule has 1 aromatic carbocycles. The Morgan fingerprint density at radius 3 is 2.47 bits per heavy atom. The largest absolute Gasteiger partial charge is 0.350 e. The molecule has 1 fully saturated rings. The number of aryl methyl sites for hydroxylation is 1. The van der Waals surface area contributed by atoms with Crippen molar-refractivity contribution in [2.75, 3.05) is 6.54 Å². The van der Waals surface area contributed by atoms with Crippen molar-refractivity contribution in [2.45, 2.75) is 66.1 Å². The van der Waals surface area contributed by atoms with Crippen molar-refractivity contribution in [3.8, 4) is 10.4 Å². The average Bonchev–Trinajstić information content (AvgIpc) is 3.38. The summed E-state index contributed by atoms with van der Waals surface area (Å²) in [6, 6.07) is 6.89. The third kappa shape index (κ3) is 5.54. The van der Waals surface area contributed by atoms with Gasteiger partial charge >= 0.3 is 0 Å². The topological polar surface area (TPSA) is 91.4 Å². The number of nitrogens with one attached hydrogen (secondary N) is 2. The molecule has 2 atom stereocenters. The van der Waals surface area contributed by atoms with Gasteiger partial charge in [0.05, 0.1) is 16.1 Å². The van der Waals surface area contributed by atoms with Crippen LogP contribution in [0.1, 0.15) is 51.8 Å². The minimum absolute atomic E-state index is 0.159. The lowest BCUT2D eigenvalue weighted by atomic mass is 9.85. The summed E-state index contributed by atoms with van der Waals surface area (Å²) in [5.41, 5.74) is 4.49. The van der Waals surface area contributed by atoms with Crippen LogP contribution in [0, 0.1) is 12.3 Å². The van der Waals surface area contributed by atoms with Crippen molar-refractivity contribution >= 4 is 29.1 Å². The first kappa shape index (κ1) is 23.9. The molecule has 0 saturated carbocycles. The first-order valence-corrected chi connectivity index (χ1v) is 11.8. The Hall–Kier alpha value is -2.74. The van der Waals surface area contributed by atoms with E-state index >= 15 is 0 Å². The lowest BCUT2D eigenvalue weighted by molar-refractivity contribution is -0.143. The number of hydrogen-bond acceptors (Lipinski definition) is 5. The SMILES string of the molecule is CC(=O)NC(C(=O)N1CCCC1C(=O)NCc1ccc(-c2scnc2C)cc1)C(C)(C)C. The number of carbonyl (C=O) groups is 3. The average molecular weight is 457 g/mol. The number of hydrogen-bond donors (Lipinski definition) is 2. The van der Waals surface area contributed by atoms with Gasteiger partial charge in [0.15, 0.2) is 0 Å². The van der Waals surface area contributed by atoms with E-state index in [1.807, 2.05) is 57.5 Å². The quantitative estimate of drug-likeness (QED) is 0.698. The first-order valence-electron chi connectivity index (χ1n) is 10.9. The normalized spacial score (nSPS) is 17.2. The van der Waals surface area contributed by atoms with Crippen LogP contribution in [0.4, 0.5) is 0 Å². The van der Waals surface area contributed by atoms with Gasteiger partial charge in [-0.25, -0.2) is 4.98 Å². The summed E-state index contributed by atoms with van der Waals surface area (Å²) in [7, 11) is 0. The van der Waals surface area contributed by atoms with Gasteiger partial charge in [-0.2, -0.15) is 0 Å². The highest BCUT2D eigenvalue weighted by molar-refractivity contribution is 7.13. The molecule has 32 heavy (non-hydrogen) atoms. The van der Waals surface area contributed by atoms with E-state index in [0.29, 0.717) is 19.5 Å². The van der Waals surface area contributed by atoms with Crippen molar-refractivity contribution in [3.05, 3.63) is 41.0 Å². The Balaban J connectivity index is 1.63. The minimum atomic E-state index is -0.670. The molecule has 0 spiro atoms. The second-order valence-electron chi connectivity index (χ2n) is 9.37. The van der Waals surface area contributed by atoms with E-state index in [0.717, 1.165) is 28.1 Å². The van der Waals surface area contributed by atoms with Crippen LogP contribution in [0.5, 0.6) is 0 Å². The van der Waals surface area contributed by atoms with Gasteiger partial charge in [0.25, 0.3) is 0 Å². The Morgan fingerprint density at radius 2 is 1.91 bits per heavy atom. The van der Waals surface area contributed by atoms with Gasteiger partial charge in [-0.05, 0) is 36.3 Å². The number of likely N-dealkylation sites (tertiary alicyclic amines) is 1. The third-order valence-corrected chi connectivity index (χ3v) is 6.71. The number of benzene rings is 1. The van der Waals surface area contributed by atoms with Gasteiger partial charge in [-0.1, -0.05) is 45.0 Å². The second-order valence-corrected chi connectivity index (χ2v) is 10.2. The number of aromatic nitrogens is 1. The molecule has 2 N–H and O–H groups in total. The summed E-state index contributed by atoms with van der Waals surface area (Å²) in [5.74, 6) is -0.612. The maximum absolute atomic E-state index is 13.2. The monoisotopic (exact) mass is 456 g/mol. The van der Waals surface area contributed by atoms with Crippen molar-refractivity contribution in [1.82, 2.24) is 20.5 Å². The van der Waals surface area contributed by atoms with Crippen molar-refractivity contribution in [1.29, 1.82) is 0 Å². The molecule has 2 unspecified atom stereocenters. The molecule has 0 bridgehead atoms. The highest BCUT2D eigenvalue weighted by Gasteiger charge is 2.41. The molecular weight excluding hydrogens is 424 g/mol. The smallest absolute Gasteiger partial charge is 0.246 e. The number of nitrogens with zero attached hydrogens (tertiary/aromatic N) is 2. The molecule has 3 rings (SSSR count). The molecule has 172 valence electrons. The van der Waals surface area contributed by atoms with Crippen LogP contribution in [0.15, 0.2) is 29.8 Å². The second kappa shape index (κ2) is 9.81. The number of carbonyl (C=O) groups excluding carboxylic acids is 3. The number of amides is 3. The molecule has 1 aromatic heterocycles. The lowest BCUT2D eigenvalue weighted by Gasteiger charge is -2.35. The van der Waals surface area contributed by atoms with Crippen molar-refractivity contribution < 1.29 is 14.4 Å². The van der Waals surface area contributed by atoms with Gasteiger partial charge in [-0.15, -0.1) is 11.3 Å². The van der Waals surface area contributed by atoms with E-state index < -0.39 is 17.5 Å². The summed E-state index contributed by atoms with van der Waals surface area (Å²) in [4.78, 5) is 44.9. The summed E-state index contributed by atoms with van der Waals surface area (Å²) in [6.07, 6.45) is 1.39.